The Labute approximate surface area is 253 Å². The van der Waals surface area contributed by atoms with Gasteiger partial charge < -0.3 is 19.9 Å². The van der Waals surface area contributed by atoms with Crippen LogP contribution in [0.4, 0.5) is 5.69 Å². The predicted octanol–water partition coefficient (Wildman–Crippen LogP) is 6.72. The predicted molar refractivity (Wildman–Crippen MR) is 168 cm³/mol. The van der Waals surface area contributed by atoms with E-state index in [-0.39, 0.29) is 11.8 Å². The standard InChI is InChI=1S/C35H41N3O3S/c1-2-41-31-5-3-4-28(17-31)29-18-32(42-22-29)34(40)38-12-10-37(11-13-38)30-8-6-27(7-9-30)33(39)36-23-35-19-24-14-25(20-35)16-26(15-24)21-35/h3-9,17-18,22,24-26H,2,10-16,19-21,23H2,1H3,(H,36,39). The summed E-state index contributed by atoms with van der Waals surface area (Å²) in [4.78, 5) is 31.4. The highest BCUT2D eigenvalue weighted by molar-refractivity contribution is 7.12. The minimum absolute atomic E-state index is 0.0487. The fourth-order valence-corrected chi connectivity index (χ4v) is 9.44. The molecule has 1 N–H and O–H groups in total. The largest absolute Gasteiger partial charge is 0.494 e. The van der Waals surface area contributed by atoms with Crippen molar-refractivity contribution < 1.29 is 14.3 Å². The molecular formula is C35H41N3O3S. The normalized spacial score (nSPS) is 26.4. The molecular weight excluding hydrogens is 542 g/mol. The van der Waals surface area contributed by atoms with Gasteiger partial charge in [0.25, 0.3) is 11.8 Å². The maximum Gasteiger partial charge on any atom is 0.264 e. The van der Waals surface area contributed by atoms with Crippen molar-refractivity contribution in [3.8, 4) is 16.9 Å². The summed E-state index contributed by atoms with van der Waals surface area (Å²) in [6.45, 7) is 6.35. The number of anilines is 1. The van der Waals surface area contributed by atoms with E-state index in [1.165, 1.54) is 49.9 Å². The third-order valence-electron chi connectivity index (χ3n) is 10.1. The van der Waals surface area contributed by atoms with Crippen molar-refractivity contribution >= 4 is 28.8 Å². The number of benzene rings is 2. The van der Waals surface area contributed by atoms with Gasteiger partial charge in [-0.05, 0) is 128 Å². The first-order valence-electron chi connectivity index (χ1n) is 15.7. The fraction of sp³-hybridized carbons (Fsp3) is 0.486. The van der Waals surface area contributed by atoms with Crippen LogP contribution in [0.15, 0.2) is 60.0 Å². The van der Waals surface area contributed by atoms with Crippen LogP contribution in [0.1, 0.15) is 65.5 Å². The first kappa shape index (κ1) is 27.5. The Morgan fingerprint density at radius 1 is 0.905 bits per heavy atom. The zero-order chi connectivity index (χ0) is 28.7. The number of ether oxygens (including phenoxy) is 1. The van der Waals surface area contributed by atoms with Gasteiger partial charge in [0.1, 0.15) is 5.75 Å². The number of rotatable bonds is 8. The Kier molecular flexibility index (Phi) is 7.47. The Morgan fingerprint density at radius 2 is 1.60 bits per heavy atom. The lowest BCUT2D eigenvalue weighted by molar-refractivity contribution is -0.0503. The summed E-state index contributed by atoms with van der Waals surface area (Å²) < 4.78 is 5.64. The average Bonchev–Trinajstić information content (AvgIpc) is 3.50. The summed E-state index contributed by atoms with van der Waals surface area (Å²) in [7, 11) is 0. The maximum atomic E-state index is 13.3. The number of carbonyl (C=O) groups is 2. The van der Waals surface area contributed by atoms with Gasteiger partial charge in [0.05, 0.1) is 11.5 Å². The van der Waals surface area contributed by atoms with E-state index in [1.54, 1.807) is 0 Å². The SMILES string of the molecule is CCOc1cccc(-c2csc(C(=O)N3CCN(c4ccc(C(=O)NCC56CC7CC(CC(C7)C5)C6)cc4)CC3)c2)c1. The van der Waals surface area contributed by atoms with Crippen LogP contribution >= 0.6 is 11.3 Å². The fourth-order valence-electron chi connectivity index (χ4n) is 8.56. The molecule has 8 rings (SSSR count). The van der Waals surface area contributed by atoms with E-state index in [0.29, 0.717) is 25.1 Å². The average molecular weight is 584 g/mol. The van der Waals surface area contributed by atoms with Crippen LogP contribution < -0.4 is 15.0 Å². The molecule has 2 amide bonds. The van der Waals surface area contributed by atoms with Crippen LogP contribution in [-0.4, -0.2) is 56.0 Å². The monoisotopic (exact) mass is 583 g/mol. The summed E-state index contributed by atoms with van der Waals surface area (Å²) >= 11 is 1.50. The summed E-state index contributed by atoms with van der Waals surface area (Å²) in [6, 6.07) is 18.0. The third-order valence-corrected chi connectivity index (χ3v) is 11.1. The second kappa shape index (κ2) is 11.4. The number of hydrogen-bond donors (Lipinski definition) is 1. The van der Waals surface area contributed by atoms with E-state index in [0.717, 1.165) is 70.4 Å². The number of piperazine rings is 1. The molecule has 4 saturated carbocycles. The Morgan fingerprint density at radius 3 is 2.26 bits per heavy atom. The molecule has 4 aliphatic carbocycles. The van der Waals surface area contributed by atoms with Gasteiger partial charge in [-0.1, -0.05) is 12.1 Å². The van der Waals surface area contributed by atoms with Crippen molar-refractivity contribution in [2.75, 3.05) is 44.2 Å². The second-order valence-corrected chi connectivity index (χ2v) is 14.0. The molecule has 0 spiro atoms. The van der Waals surface area contributed by atoms with Gasteiger partial charge in [-0.2, -0.15) is 0 Å². The van der Waals surface area contributed by atoms with Gasteiger partial charge in [-0.25, -0.2) is 0 Å². The molecule has 5 fully saturated rings. The highest BCUT2D eigenvalue weighted by atomic mass is 32.1. The molecule has 1 aromatic heterocycles. The highest BCUT2D eigenvalue weighted by Crippen LogP contribution is 2.59. The third kappa shape index (κ3) is 5.56. The van der Waals surface area contributed by atoms with Gasteiger partial charge in [-0.3, -0.25) is 9.59 Å². The van der Waals surface area contributed by atoms with Crippen molar-refractivity contribution in [1.82, 2.24) is 10.2 Å². The lowest BCUT2D eigenvalue weighted by Crippen LogP contribution is -2.51. The quantitative estimate of drug-likeness (QED) is 0.320. The molecule has 3 aromatic rings. The Hall–Kier alpha value is -3.32. The summed E-state index contributed by atoms with van der Waals surface area (Å²) in [5.41, 5.74) is 4.29. The molecule has 0 unspecified atom stereocenters. The van der Waals surface area contributed by atoms with Crippen molar-refractivity contribution in [2.45, 2.75) is 45.4 Å². The summed E-state index contributed by atoms with van der Waals surface area (Å²) in [6.07, 6.45) is 8.21. The smallest absolute Gasteiger partial charge is 0.264 e. The molecule has 42 heavy (non-hydrogen) atoms. The van der Waals surface area contributed by atoms with Gasteiger partial charge in [0.2, 0.25) is 0 Å². The molecule has 4 bridgehead atoms. The number of nitrogens with one attached hydrogen (secondary N) is 1. The molecule has 0 radical (unpaired) electrons. The van der Waals surface area contributed by atoms with E-state index in [4.69, 9.17) is 4.74 Å². The Bertz CT molecular complexity index is 1400. The minimum atomic E-state index is 0.0487. The minimum Gasteiger partial charge on any atom is -0.494 e. The van der Waals surface area contributed by atoms with Crippen LogP contribution in [-0.2, 0) is 0 Å². The first-order chi connectivity index (χ1) is 20.5. The van der Waals surface area contributed by atoms with Gasteiger partial charge in [0.15, 0.2) is 0 Å². The molecule has 6 nitrogen and oxygen atoms in total. The number of carbonyl (C=O) groups excluding carboxylic acids is 2. The molecule has 1 aliphatic heterocycles. The topological polar surface area (TPSA) is 61.9 Å². The second-order valence-electron chi connectivity index (χ2n) is 13.1. The van der Waals surface area contributed by atoms with Crippen LogP contribution in [0.3, 0.4) is 0 Å². The zero-order valence-electron chi connectivity index (χ0n) is 24.5. The van der Waals surface area contributed by atoms with E-state index >= 15 is 0 Å². The highest BCUT2D eigenvalue weighted by Gasteiger charge is 2.50. The van der Waals surface area contributed by atoms with Gasteiger partial charge >= 0.3 is 0 Å². The number of nitrogens with zero attached hydrogens (tertiary/aromatic N) is 2. The van der Waals surface area contributed by atoms with E-state index in [2.05, 4.69) is 33.8 Å². The van der Waals surface area contributed by atoms with Gasteiger partial charge in [-0.15, -0.1) is 11.3 Å². The van der Waals surface area contributed by atoms with Crippen molar-refractivity contribution in [1.29, 1.82) is 0 Å². The van der Waals surface area contributed by atoms with Crippen LogP contribution in [0.5, 0.6) is 5.75 Å². The summed E-state index contributed by atoms with van der Waals surface area (Å²) in [5.74, 6) is 3.68. The number of thiophene rings is 1. The maximum absolute atomic E-state index is 13.3. The van der Waals surface area contributed by atoms with Crippen LogP contribution in [0.25, 0.3) is 11.1 Å². The Balaban J connectivity index is 0.914. The van der Waals surface area contributed by atoms with E-state index in [1.807, 2.05) is 48.2 Å². The molecule has 2 aromatic carbocycles. The molecule has 2 heterocycles. The lowest BCUT2D eigenvalue weighted by atomic mass is 9.49. The van der Waals surface area contributed by atoms with E-state index < -0.39 is 0 Å². The summed E-state index contributed by atoms with van der Waals surface area (Å²) in [5, 5.41) is 5.36. The van der Waals surface area contributed by atoms with Crippen LogP contribution in [0, 0.1) is 23.2 Å². The molecule has 1 saturated heterocycles. The van der Waals surface area contributed by atoms with Crippen LogP contribution in [0.2, 0.25) is 0 Å². The number of amides is 2. The zero-order valence-corrected chi connectivity index (χ0v) is 25.3. The lowest BCUT2D eigenvalue weighted by Gasteiger charge is -2.56. The van der Waals surface area contributed by atoms with Gasteiger partial charge in [0, 0.05) is 44.0 Å². The van der Waals surface area contributed by atoms with Crippen molar-refractivity contribution in [3.05, 3.63) is 70.4 Å². The molecule has 7 heteroatoms. The van der Waals surface area contributed by atoms with Crippen molar-refractivity contribution in [2.24, 2.45) is 23.2 Å². The molecule has 0 atom stereocenters. The van der Waals surface area contributed by atoms with E-state index in [9.17, 15) is 9.59 Å². The first-order valence-corrected chi connectivity index (χ1v) is 16.6. The van der Waals surface area contributed by atoms with Crippen molar-refractivity contribution in [3.63, 3.8) is 0 Å². The number of hydrogen-bond acceptors (Lipinski definition) is 5. The molecule has 5 aliphatic rings. The molecule has 220 valence electrons.